The minimum Gasteiger partial charge on any atom is -0.357 e. The molecule has 1 heterocycles. The molecule has 152 valence electrons. The number of nitrogens with zero attached hydrogens (tertiary/aromatic N) is 3. The van der Waals surface area contributed by atoms with Crippen LogP contribution in [0.5, 0.6) is 0 Å². The minimum absolute atomic E-state index is 0. The van der Waals surface area contributed by atoms with Gasteiger partial charge in [-0.2, -0.15) is 0 Å². The zero-order valence-corrected chi connectivity index (χ0v) is 19.1. The number of piperazine rings is 1. The molecule has 0 atom stereocenters. The Kier molecular flexibility index (Phi) is 11.5. The van der Waals surface area contributed by atoms with E-state index < -0.39 is 0 Å². The minimum atomic E-state index is 0. The molecule has 0 aromatic heterocycles. The summed E-state index contributed by atoms with van der Waals surface area (Å²) in [5.41, 5.74) is 0. The van der Waals surface area contributed by atoms with Gasteiger partial charge in [0.1, 0.15) is 0 Å². The molecule has 0 unspecified atom stereocenters. The van der Waals surface area contributed by atoms with Gasteiger partial charge in [0.15, 0.2) is 5.96 Å². The summed E-state index contributed by atoms with van der Waals surface area (Å²) in [7, 11) is 0. The third-order valence-corrected chi connectivity index (χ3v) is 4.77. The Morgan fingerprint density at radius 3 is 2.42 bits per heavy atom. The van der Waals surface area contributed by atoms with E-state index in [1.165, 1.54) is 12.8 Å². The first-order valence-corrected chi connectivity index (χ1v) is 10.1. The highest BCUT2D eigenvalue weighted by molar-refractivity contribution is 14.0. The Labute approximate surface area is 176 Å². The summed E-state index contributed by atoms with van der Waals surface area (Å²) >= 11 is 0. The van der Waals surface area contributed by atoms with Crippen LogP contribution in [0.3, 0.4) is 0 Å². The van der Waals surface area contributed by atoms with E-state index in [9.17, 15) is 4.79 Å². The molecule has 0 radical (unpaired) electrons. The van der Waals surface area contributed by atoms with Crippen molar-refractivity contribution in [1.29, 1.82) is 0 Å². The molecule has 1 amide bonds. The Hall–Kier alpha value is -0.570. The van der Waals surface area contributed by atoms with Crippen molar-refractivity contribution in [1.82, 2.24) is 20.4 Å². The molecule has 2 rings (SSSR count). The van der Waals surface area contributed by atoms with Gasteiger partial charge in [0.25, 0.3) is 0 Å². The SMILES string of the molecule is CCNC(=NCCCCC(C)C)N1CCN(CC(=O)NC2CC2)CC1.I. The molecule has 1 aliphatic heterocycles. The van der Waals surface area contributed by atoms with Crippen molar-refractivity contribution in [3.63, 3.8) is 0 Å². The normalized spacial score (nSPS) is 18.6. The maximum absolute atomic E-state index is 11.9. The van der Waals surface area contributed by atoms with Crippen molar-refractivity contribution >= 4 is 35.8 Å². The van der Waals surface area contributed by atoms with Gasteiger partial charge in [0, 0.05) is 45.3 Å². The summed E-state index contributed by atoms with van der Waals surface area (Å²) < 4.78 is 0. The summed E-state index contributed by atoms with van der Waals surface area (Å²) in [5, 5.41) is 6.49. The van der Waals surface area contributed by atoms with Gasteiger partial charge in [-0.05, 0) is 32.1 Å². The highest BCUT2D eigenvalue weighted by atomic mass is 127. The lowest BCUT2D eigenvalue weighted by Crippen LogP contribution is -2.54. The van der Waals surface area contributed by atoms with Crippen LogP contribution >= 0.6 is 24.0 Å². The average Bonchev–Trinajstić information content (AvgIpc) is 3.38. The Morgan fingerprint density at radius 2 is 1.85 bits per heavy atom. The lowest BCUT2D eigenvalue weighted by atomic mass is 10.1. The van der Waals surface area contributed by atoms with E-state index in [-0.39, 0.29) is 29.9 Å². The van der Waals surface area contributed by atoms with Crippen molar-refractivity contribution in [2.45, 2.75) is 58.9 Å². The van der Waals surface area contributed by atoms with Crippen molar-refractivity contribution < 1.29 is 4.79 Å². The van der Waals surface area contributed by atoms with Crippen LogP contribution in [0.4, 0.5) is 0 Å². The number of halogens is 1. The van der Waals surface area contributed by atoms with E-state index in [1.54, 1.807) is 0 Å². The maximum atomic E-state index is 11.9. The summed E-state index contributed by atoms with van der Waals surface area (Å²) in [5.74, 6) is 2.00. The van der Waals surface area contributed by atoms with Crippen LogP contribution in [0.15, 0.2) is 4.99 Å². The van der Waals surface area contributed by atoms with Crippen LogP contribution in [-0.4, -0.2) is 73.5 Å². The second-order valence-electron chi connectivity index (χ2n) is 7.73. The lowest BCUT2D eigenvalue weighted by Gasteiger charge is -2.36. The molecule has 1 saturated carbocycles. The topological polar surface area (TPSA) is 60.0 Å². The highest BCUT2D eigenvalue weighted by Gasteiger charge is 2.25. The zero-order valence-electron chi connectivity index (χ0n) is 16.8. The summed E-state index contributed by atoms with van der Waals surface area (Å²) in [6.45, 7) is 12.7. The standard InChI is InChI=1S/C19H37N5O.HI/c1-4-20-19(21-10-6-5-7-16(2)3)24-13-11-23(12-14-24)15-18(25)22-17-8-9-17;/h16-17H,4-15H2,1-3H3,(H,20,21)(H,22,25);1H. The fourth-order valence-electron chi connectivity index (χ4n) is 3.10. The van der Waals surface area contributed by atoms with E-state index in [1.807, 2.05) is 0 Å². The van der Waals surface area contributed by atoms with E-state index in [0.29, 0.717) is 12.6 Å². The van der Waals surface area contributed by atoms with Crippen LogP contribution < -0.4 is 10.6 Å². The van der Waals surface area contributed by atoms with E-state index in [2.05, 4.69) is 41.2 Å². The second-order valence-corrected chi connectivity index (χ2v) is 7.73. The molecule has 6 nitrogen and oxygen atoms in total. The van der Waals surface area contributed by atoms with Gasteiger partial charge in [0.2, 0.25) is 5.91 Å². The largest absolute Gasteiger partial charge is 0.357 e. The molecule has 2 fully saturated rings. The molecule has 1 saturated heterocycles. The monoisotopic (exact) mass is 479 g/mol. The van der Waals surface area contributed by atoms with Gasteiger partial charge in [-0.1, -0.05) is 26.7 Å². The number of aliphatic imine (C=N–C) groups is 1. The number of carbonyl (C=O) groups is 1. The van der Waals surface area contributed by atoms with Crippen LogP contribution in [0, 0.1) is 5.92 Å². The maximum Gasteiger partial charge on any atom is 0.234 e. The van der Waals surface area contributed by atoms with Gasteiger partial charge < -0.3 is 15.5 Å². The van der Waals surface area contributed by atoms with E-state index in [0.717, 1.165) is 70.4 Å². The van der Waals surface area contributed by atoms with E-state index in [4.69, 9.17) is 4.99 Å². The van der Waals surface area contributed by atoms with Crippen LogP contribution in [0.2, 0.25) is 0 Å². The zero-order chi connectivity index (χ0) is 18.1. The molecule has 0 bridgehead atoms. The quantitative estimate of drug-likeness (QED) is 0.231. The summed E-state index contributed by atoms with van der Waals surface area (Å²) in [4.78, 5) is 21.3. The first-order chi connectivity index (χ1) is 12.1. The van der Waals surface area contributed by atoms with Crippen LogP contribution in [0.1, 0.15) is 52.9 Å². The number of nitrogens with one attached hydrogen (secondary N) is 2. The van der Waals surface area contributed by atoms with Gasteiger partial charge in [-0.25, -0.2) is 0 Å². The molecule has 0 aromatic carbocycles. The predicted octanol–water partition coefficient (Wildman–Crippen LogP) is 2.29. The average molecular weight is 479 g/mol. The number of rotatable bonds is 9. The summed E-state index contributed by atoms with van der Waals surface area (Å²) in [6.07, 6.45) is 6.00. The third-order valence-electron chi connectivity index (χ3n) is 4.77. The smallest absolute Gasteiger partial charge is 0.234 e. The van der Waals surface area contributed by atoms with Crippen molar-refractivity contribution in [3.8, 4) is 0 Å². The summed E-state index contributed by atoms with van der Waals surface area (Å²) in [6, 6.07) is 0.456. The fourth-order valence-corrected chi connectivity index (χ4v) is 3.10. The number of guanidine groups is 1. The molecule has 0 aromatic rings. The predicted molar refractivity (Wildman–Crippen MR) is 119 cm³/mol. The van der Waals surface area contributed by atoms with Crippen molar-refractivity contribution in [2.24, 2.45) is 10.9 Å². The molecule has 2 N–H and O–H groups in total. The van der Waals surface area contributed by atoms with E-state index >= 15 is 0 Å². The van der Waals surface area contributed by atoms with Gasteiger partial charge >= 0.3 is 0 Å². The Balaban J connectivity index is 0.00000338. The molecule has 7 heteroatoms. The van der Waals surface area contributed by atoms with Gasteiger partial charge in [-0.15, -0.1) is 24.0 Å². The fraction of sp³-hybridized carbons (Fsp3) is 0.895. The van der Waals surface area contributed by atoms with Crippen LogP contribution in [0.25, 0.3) is 0 Å². The van der Waals surface area contributed by atoms with Gasteiger partial charge in [0.05, 0.1) is 6.54 Å². The number of carbonyl (C=O) groups excluding carboxylic acids is 1. The van der Waals surface area contributed by atoms with Crippen LogP contribution in [-0.2, 0) is 4.79 Å². The number of unbranched alkanes of at least 4 members (excludes halogenated alkanes) is 1. The molecular weight excluding hydrogens is 441 g/mol. The molecule has 26 heavy (non-hydrogen) atoms. The molecule has 0 spiro atoms. The molecule has 1 aliphatic carbocycles. The lowest BCUT2D eigenvalue weighted by molar-refractivity contribution is -0.122. The van der Waals surface area contributed by atoms with Gasteiger partial charge in [-0.3, -0.25) is 14.7 Å². The third kappa shape index (κ3) is 9.39. The molecular formula is C19H38IN5O. The number of amides is 1. The van der Waals surface area contributed by atoms with Crippen molar-refractivity contribution in [3.05, 3.63) is 0 Å². The Morgan fingerprint density at radius 1 is 1.15 bits per heavy atom. The first kappa shape index (κ1) is 23.5. The Bertz CT molecular complexity index is 432. The first-order valence-electron chi connectivity index (χ1n) is 10.1. The number of hydrogen-bond acceptors (Lipinski definition) is 3. The number of hydrogen-bond donors (Lipinski definition) is 2. The molecule has 2 aliphatic rings. The highest BCUT2D eigenvalue weighted by Crippen LogP contribution is 2.18. The second kappa shape index (κ2) is 12.8. The van der Waals surface area contributed by atoms with Crippen molar-refractivity contribution in [2.75, 3.05) is 45.8 Å².